The number of benzene rings is 2. The van der Waals surface area contributed by atoms with E-state index in [9.17, 15) is 4.79 Å². The number of rotatable bonds is 6. The van der Waals surface area contributed by atoms with E-state index in [0.717, 1.165) is 5.56 Å². The summed E-state index contributed by atoms with van der Waals surface area (Å²) in [5.41, 5.74) is 1.87. The van der Waals surface area contributed by atoms with E-state index in [1.165, 1.54) is 14.2 Å². The smallest absolute Gasteiger partial charge is 0.193 e. The van der Waals surface area contributed by atoms with E-state index in [-0.39, 0.29) is 5.78 Å². The monoisotopic (exact) mass is 346 g/mol. The minimum Gasteiger partial charge on any atom is -0.493 e. The largest absolute Gasteiger partial charge is 0.493 e. The summed E-state index contributed by atoms with van der Waals surface area (Å²) in [6.07, 6.45) is 0. The summed E-state index contributed by atoms with van der Waals surface area (Å²) in [4.78, 5) is 12.8. The van der Waals surface area contributed by atoms with Gasteiger partial charge in [-0.15, -0.1) is 0 Å². The molecule has 0 aromatic heterocycles. The Bertz CT molecular complexity index is 722. The lowest BCUT2D eigenvalue weighted by Gasteiger charge is -2.13. The molecule has 0 aliphatic rings. The SMILES string of the molecule is CC.COc1ccc(C(=O)c2cc(OC)c(OC)cc2C)cc1OC. The van der Waals surface area contributed by atoms with Gasteiger partial charge in [-0.05, 0) is 42.8 Å². The maximum Gasteiger partial charge on any atom is 0.193 e. The standard InChI is InChI=1S/C18H20O5.C2H6/c1-11-8-15(21-3)17(23-5)10-13(11)18(19)12-6-7-14(20-2)16(9-12)22-4;1-2/h6-10H,1-5H3;1-2H3. The summed E-state index contributed by atoms with van der Waals surface area (Å²) < 4.78 is 21.0. The fourth-order valence-electron chi connectivity index (χ4n) is 2.36. The van der Waals surface area contributed by atoms with Crippen LogP contribution in [0.1, 0.15) is 35.3 Å². The van der Waals surface area contributed by atoms with Crippen LogP contribution in [0.25, 0.3) is 0 Å². The maximum atomic E-state index is 12.8. The highest BCUT2D eigenvalue weighted by Gasteiger charge is 2.18. The summed E-state index contributed by atoms with van der Waals surface area (Å²) in [5, 5.41) is 0. The number of carbonyl (C=O) groups excluding carboxylic acids is 1. The Kier molecular flexibility index (Phi) is 7.79. The summed E-state index contributed by atoms with van der Waals surface area (Å²) in [6, 6.07) is 8.55. The predicted octanol–water partition coefficient (Wildman–Crippen LogP) is 4.29. The van der Waals surface area contributed by atoms with Crippen molar-refractivity contribution in [3.8, 4) is 23.0 Å². The molecule has 0 atom stereocenters. The quantitative estimate of drug-likeness (QED) is 0.731. The number of ketones is 1. The topological polar surface area (TPSA) is 54.0 Å². The van der Waals surface area contributed by atoms with Gasteiger partial charge in [0.25, 0.3) is 0 Å². The molecular formula is C20H26O5. The van der Waals surface area contributed by atoms with E-state index >= 15 is 0 Å². The van der Waals surface area contributed by atoms with Gasteiger partial charge in [0.1, 0.15) is 0 Å². The Labute approximate surface area is 149 Å². The second-order valence-electron chi connectivity index (χ2n) is 4.92. The van der Waals surface area contributed by atoms with Gasteiger partial charge in [0.05, 0.1) is 28.4 Å². The summed E-state index contributed by atoms with van der Waals surface area (Å²) in [7, 11) is 6.19. The third-order valence-corrected chi connectivity index (χ3v) is 3.62. The molecule has 0 fully saturated rings. The van der Waals surface area contributed by atoms with Crippen LogP contribution in [0.3, 0.4) is 0 Å². The highest BCUT2D eigenvalue weighted by Crippen LogP contribution is 2.33. The first-order chi connectivity index (χ1) is 12.0. The number of carbonyl (C=O) groups is 1. The molecule has 2 aromatic carbocycles. The fourth-order valence-corrected chi connectivity index (χ4v) is 2.36. The van der Waals surface area contributed by atoms with Crippen molar-refractivity contribution >= 4 is 5.78 Å². The molecule has 136 valence electrons. The fraction of sp³-hybridized carbons (Fsp3) is 0.350. The summed E-state index contributed by atoms with van der Waals surface area (Å²) >= 11 is 0. The Balaban J connectivity index is 0.00000151. The first-order valence-corrected chi connectivity index (χ1v) is 8.05. The molecule has 0 aliphatic carbocycles. The van der Waals surface area contributed by atoms with E-state index in [1.54, 1.807) is 44.6 Å². The molecule has 5 heteroatoms. The van der Waals surface area contributed by atoms with Crippen molar-refractivity contribution in [3.05, 3.63) is 47.0 Å². The summed E-state index contributed by atoms with van der Waals surface area (Å²) in [5.74, 6) is 2.07. The zero-order valence-corrected chi connectivity index (χ0v) is 15.9. The molecule has 0 bridgehead atoms. The van der Waals surface area contributed by atoms with Crippen LogP contribution >= 0.6 is 0 Å². The average molecular weight is 346 g/mol. The van der Waals surface area contributed by atoms with Crippen LogP contribution in [-0.2, 0) is 0 Å². The van der Waals surface area contributed by atoms with Crippen molar-refractivity contribution in [1.82, 2.24) is 0 Å². The van der Waals surface area contributed by atoms with Gasteiger partial charge >= 0.3 is 0 Å². The van der Waals surface area contributed by atoms with Gasteiger partial charge in [0.15, 0.2) is 28.8 Å². The van der Waals surface area contributed by atoms with Crippen molar-refractivity contribution in [2.75, 3.05) is 28.4 Å². The molecule has 5 nitrogen and oxygen atoms in total. The van der Waals surface area contributed by atoms with E-state index in [0.29, 0.717) is 34.1 Å². The van der Waals surface area contributed by atoms with Crippen molar-refractivity contribution < 1.29 is 23.7 Å². The van der Waals surface area contributed by atoms with Crippen molar-refractivity contribution in [1.29, 1.82) is 0 Å². The third-order valence-electron chi connectivity index (χ3n) is 3.62. The van der Waals surface area contributed by atoms with Gasteiger partial charge in [-0.1, -0.05) is 13.8 Å². The molecule has 0 spiro atoms. The lowest BCUT2D eigenvalue weighted by atomic mass is 9.98. The highest BCUT2D eigenvalue weighted by molar-refractivity contribution is 6.10. The van der Waals surface area contributed by atoms with Crippen molar-refractivity contribution in [2.24, 2.45) is 0 Å². The second kappa shape index (κ2) is 9.57. The molecular weight excluding hydrogens is 320 g/mol. The van der Waals surface area contributed by atoms with E-state index < -0.39 is 0 Å². The molecule has 0 saturated carbocycles. The number of hydrogen-bond donors (Lipinski definition) is 0. The molecule has 0 heterocycles. The molecule has 25 heavy (non-hydrogen) atoms. The van der Waals surface area contributed by atoms with Gasteiger partial charge in [-0.3, -0.25) is 4.79 Å². The van der Waals surface area contributed by atoms with Crippen LogP contribution in [-0.4, -0.2) is 34.2 Å². The molecule has 0 radical (unpaired) electrons. The van der Waals surface area contributed by atoms with Gasteiger partial charge < -0.3 is 18.9 Å². The number of aryl methyl sites for hydroxylation is 1. The molecule has 0 saturated heterocycles. The lowest BCUT2D eigenvalue weighted by Crippen LogP contribution is -2.06. The first kappa shape index (κ1) is 20.4. The van der Waals surface area contributed by atoms with E-state index in [2.05, 4.69) is 0 Å². The van der Waals surface area contributed by atoms with Crippen LogP contribution in [0.5, 0.6) is 23.0 Å². The van der Waals surface area contributed by atoms with Crippen LogP contribution in [0.4, 0.5) is 0 Å². The predicted molar refractivity (Wildman–Crippen MR) is 98.6 cm³/mol. The molecule has 2 rings (SSSR count). The van der Waals surface area contributed by atoms with Crippen LogP contribution in [0.15, 0.2) is 30.3 Å². The second-order valence-corrected chi connectivity index (χ2v) is 4.92. The third kappa shape index (κ3) is 4.44. The van der Waals surface area contributed by atoms with Gasteiger partial charge in [0.2, 0.25) is 0 Å². The van der Waals surface area contributed by atoms with Gasteiger partial charge in [-0.2, -0.15) is 0 Å². The van der Waals surface area contributed by atoms with E-state index in [1.807, 2.05) is 20.8 Å². The van der Waals surface area contributed by atoms with Crippen molar-refractivity contribution in [3.63, 3.8) is 0 Å². The van der Waals surface area contributed by atoms with Crippen LogP contribution in [0.2, 0.25) is 0 Å². The van der Waals surface area contributed by atoms with Gasteiger partial charge in [-0.25, -0.2) is 0 Å². The highest BCUT2D eigenvalue weighted by atomic mass is 16.5. The zero-order valence-electron chi connectivity index (χ0n) is 15.9. The minimum atomic E-state index is -0.121. The summed E-state index contributed by atoms with van der Waals surface area (Å²) in [6.45, 7) is 5.86. The Morgan fingerprint density at radius 1 is 0.720 bits per heavy atom. The Morgan fingerprint density at radius 2 is 1.20 bits per heavy atom. The average Bonchev–Trinajstić information content (AvgIpc) is 2.68. The lowest BCUT2D eigenvalue weighted by molar-refractivity contribution is 0.103. The maximum absolute atomic E-state index is 12.8. The molecule has 0 N–H and O–H groups in total. The number of methoxy groups -OCH3 is 4. The van der Waals surface area contributed by atoms with Crippen LogP contribution in [0, 0.1) is 6.92 Å². The normalized spacial score (nSPS) is 9.56. The molecule has 2 aromatic rings. The van der Waals surface area contributed by atoms with Crippen LogP contribution < -0.4 is 18.9 Å². The Morgan fingerprint density at radius 3 is 1.72 bits per heavy atom. The molecule has 0 amide bonds. The molecule has 0 aliphatic heterocycles. The number of ether oxygens (including phenoxy) is 4. The Hall–Kier alpha value is -2.69. The number of hydrogen-bond acceptors (Lipinski definition) is 5. The van der Waals surface area contributed by atoms with E-state index in [4.69, 9.17) is 18.9 Å². The van der Waals surface area contributed by atoms with Gasteiger partial charge in [0, 0.05) is 11.1 Å². The first-order valence-electron chi connectivity index (χ1n) is 8.05. The zero-order chi connectivity index (χ0) is 19.0. The van der Waals surface area contributed by atoms with Crippen molar-refractivity contribution in [2.45, 2.75) is 20.8 Å². The minimum absolute atomic E-state index is 0.121. The molecule has 0 unspecified atom stereocenters.